The summed E-state index contributed by atoms with van der Waals surface area (Å²) in [4.78, 5) is 26.1. The molecule has 260 valence electrons. The van der Waals surface area contributed by atoms with Crippen molar-refractivity contribution >= 4 is 22.7 Å². The predicted octanol–water partition coefficient (Wildman–Crippen LogP) is 13.3. The molecule has 46 heavy (non-hydrogen) atoms. The molecule has 0 bridgehead atoms. The second-order valence-electron chi connectivity index (χ2n) is 13.5. The lowest BCUT2D eigenvalue weighted by molar-refractivity contribution is 0.0498. The highest BCUT2D eigenvalue weighted by molar-refractivity contribution is 6.13. The van der Waals surface area contributed by atoms with Crippen molar-refractivity contribution in [3.05, 3.63) is 47.5 Å². The Morgan fingerprint density at radius 3 is 1.00 bits per heavy atom. The van der Waals surface area contributed by atoms with Gasteiger partial charge in [-0.3, -0.25) is 0 Å². The molecule has 0 radical (unpaired) electrons. The number of rotatable bonds is 30. The molecule has 0 aromatic heterocycles. The molecular formula is C42H68O4. The van der Waals surface area contributed by atoms with Gasteiger partial charge in [0.15, 0.2) is 0 Å². The molecule has 0 amide bonds. The summed E-state index contributed by atoms with van der Waals surface area (Å²) in [6, 6.07) is 11.1. The van der Waals surface area contributed by atoms with E-state index in [1.54, 1.807) is 12.1 Å². The number of carbonyl (C=O) groups excluding carboxylic acids is 2. The van der Waals surface area contributed by atoms with Gasteiger partial charge in [-0.15, -0.1) is 0 Å². The summed E-state index contributed by atoms with van der Waals surface area (Å²) in [5.41, 5.74) is 0.886. The average molecular weight is 637 g/mol. The average Bonchev–Trinajstić information content (AvgIpc) is 3.07. The van der Waals surface area contributed by atoms with Crippen LogP contribution in [0.1, 0.15) is 202 Å². The molecule has 0 aliphatic rings. The highest BCUT2D eigenvalue weighted by atomic mass is 16.5. The molecule has 0 aliphatic heterocycles. The highest BCUT2D eigenvalue weighted by Crippen LogP contribution is 2.25. The predicted molar refractivity (Wildman–Crippen MR) is 196 cm³/mol. The summed E-state index contributed by atoms with van der Waals surface area (Å²) in [6.45, 7) is 5.35. The lowest BCUT2D eigenvalue weighted by Crippen LogP contribution is -2.11. The molecule has 0 spiro atoms. The van der Waals surface area contributed by atoms with Crippen LogP contribution in [-0.2, 0) is 9.47 Å². The molecule has 0 saturated heterocycles. The van der Waals surface area contributed by atoms with Crippen molar-refractivity contribution in [1.82, 2.24) is 0 Å². The number of unbranched alkanes of at least 4 members (excludes halogenated alkanes) is 24. The number of carbonyl (C=O) groups is 2. The van der Waals surface area contributed by atoms with Crippen molar-refractivity contribution in [2.45, 2.75) is 181 Å². The molecule has 0 aliphatic carbocycles. The third-order valence-electron chi connectivity index (χ3n) is 9.31. The van der Waals surface area contributed by atoms with E-state index in [2.05, 4.69) is 13.8 Å². The van der Waals surface area contributed by atoms with Crippen molar-refractivity contribution in [3.63, 3.8) is 0 Å². The molecule has 0 unspecified atom stereocenters. The van der Waals surface area contributed by atoms with E-state index in [4.69, 9.17) is 9.47 Å². The third kappa shape index (κ3) is 18.1. The molecule has 0 atom stereocenters. The summed E-state index contributed by atoms with van der Waals surface area (Å²) >= 11 is 0. The second kappa shape index (κ2) is 27.7. The first-order valence-corrected chi connectivity index (χ1v) is 19.5. The highest BCUT2D eigenvalue weighted by Gasteiger charge is 2.19. The SMILES string of the molecule is CCCCCCCCCCCCCCCCCCCCOC(=O)c1cccc2cccc(C(=O)OCCCCCCCCCC)c12. The first kappa shape index (κ1) is 39.8. The fraction of sp³-hybridized carbons (Fsp3) is 0.714. The van der Waals surface area contributed by atoms with Crippen LogP contribution < -0.4 is 0 Å². The Bertz CT molecular complexity index is 1040. The van der Waals surface area contributed by atoms with Gasteiger partial charge in [0.2, 0.25) is 0 Å². The van der Waals surface area contributed by atoms with Crippen LogP contribution in [0.4, 0.5) is 0 Å². The van der Waals surface area contributed by atoms with E-state index in [0.717, 1.165) is 31.1 Å². The van der Waals surface area contributed by atoms with Gasteiger partial charge in [-0.05, 0) is 30.4 Å². The number of esters is 2. The number of benzene rings is 2. The second-order valence-corrected chi connectivity index (χ2v) is 13.5. The van der Waals surface area contributed by atoms with E-state index in [-0.39, 0.29) is 11.9 Å². The van der Waals surface area contributed by atoms with Crippen molar-refractivity contribution in [1.29, 1.82) is 0 Å². The summed E-state index contributed by atoms with van der Waals surface area (Å²) in [5, 5.41) is 1.48. The van der Waals surface area contributed by atoms with Gasteiger partial charge >= 0.3 is 11.9 Å². The third-order valence-corrected chi connectivity index (χ3v) is 9.31. The number of ether oxygens (including phenoxy) is 2. The standard InChI is InChI=1S/C42H68O4/c1-3-5-7-9-11-13-14-15-16-17-18-19-20-21-22-24-26-28-36-46-42(44)39-34-30-32-37-31-29-33-38(40(37)39)41(43)45-35-27-25-23-12-10-8-6-4-2/h29-34H,3-28,35-36H2,1-2H3. The van der Waals surface area contributed by atoms with Gasteiger partial charge in [0, 0.05) is 5.39 Å². The Morgan fingerprint density at radius 2 is 0.696 bits per heavy atom. The van der Waals surface area contributed by atoms with Gasteiger partial charge in [-0.25, -0.2) is 9.59 Å². The maximum absolute atomic E-state index is 13.1. The fourth-order valence-electron chi connectivity index (χ4n) is 6.41. The van der Waals surface area contributed by atoms with Crippen molar-refractivity contribution in [2.75, 3.05) is 13.2 Å². The van der Waals surface area contributed by atoms with Crippen LogP contribution >= 0.6 is 0 Å². The van der Waals surface area contributed by atoms with Crippen LogP contribution in [-0.4, -0.2) is 25.2 Å². The van der Waals surface area contributed by atoms with E-state index in [1.807, 2.05) is 24.3 Å². The zero-order chi connectivity index (χ0) is 32.9. The lowest BCUT2D eigenvalue weighted by Gasteiger charge is -2.12. The molecule has 0 saturated carbocycles. The largest absolute Gasteiger partial charge is 0.462 e. The van der Waals surface area contributed by atoms with Gasteiger partial charge in [-0.2, -0.15) is 0 Å². The molecule has 0 heterocycles. The quantitative estimate of drug-likeness (QED) is 0.0632. The van der Waals surface area contributed by atoms with Crippen molar-refractivity contribution in [2.24, 2.45) is 0 Å². The number of hydrogen-bond acceptors (Lipinski definition) is 4. The maximum Gasteiger partial charge on any atom is 0.338 e. The van der Waals surface area contributed by atoms with E-state index in [0.29, 0.717) is 29.7 Å². The van der Waals surface area contributed by atoms with E-state index < -0.39 is 0 Å². The van der Waals surface area contributed by atoms with Gasteiger partial charge < -0.3 is 9.47 Å². The van der Waals surface area contributed by atoms with Crippen LogP contribution in [0.15, 0.2) is 36.4 Å². The Balaban J connectivity index is 1.56. The summed E-state index contributed by atoms with van der Waals surface area (Å²) in [5.74, 6) is -0.724. The van der Waals surface area contributed by atoms with E-state index >= 15 is 0 Å². The molecule has 4 heteroatoms. The molecule has 0 fully saturated rings. The zero-order valence-corrected chi connectivity index (χ0v) is 29.9. The smallest absolute Gasteiger partial charge is 0.338 e. The van der Waals surface area contributed by atoms with Gasteiger partial charge in [-0.1, -0.05) is 192 Å². The van der Waals surface area contributed by atoms with Gasteiger partial charge in [0.25, 0.3) is 0 Å². The summed E-state index contributed by atoms with van der Waals surface area (Å²) in [6.07, 6.45) is 33.6. The van der Waals surface area contributed by atoms with Crippen LogP contribution in [0.25, 0.3) is 10.8 Å². The maximum atomic E-state index is 13.1. The fourth-order valence-corrected chi connectivity index (χ4v) is 6.41. The topological polar surface area (TPSA) is 52.6 Å². The normalized spacial score (nSPS) is 11.3. The minimum atomic E-state index is -0.364. The Morgan fingerprint density at radius 1 is 0.413 bits per heavy atom. The number of fused-ring (bicyclic) bond motifs is 1. The Kier molecular flexibility index (Phi) is 24.0. The van der Waals surface area contributed by atoms with Gasteiger partial charge in [0.1, 0.15) is 0 Å². The van der Waals surface area contributed by atoms with Crippen LogP contribution in [0.5, 0.6) is 0 Å². The zero-order valence-electron chi connectivity index (χ0n) is 29.9. The molecule has 2 aromatic rings. The van der Waals surface area contributed by atoms with Crippen LogP contribution in [0, 0.1) is 0 Å². The van der Waals surface area contributed by atoms with Gasteiger partial charge in [0.05, 0.1) is 24.3 Å². The monoisotopic (exact) mass is 637 g/mol. The van der Waals surface area contributed by atoms with E-state index in [9.17, 15) is 9.59 Å². The van der Waals surface area contributed by atoms with Crippen molar-refractivity contribution < 1.29 is 19.1 Å². The van der Waals surface area contributed by atoms with Crippen LogP contribution in [0.2, 0.25) is 0 Å². The summed E-state index contributed by atoms with van der Waals surface area (Å²) < 4.78 is 11.3. The minimum absolute atomic E-state index is 0.360. The number of hydrogen-bond donors (Lipinski definition) is 0. The Hall–Kier alpha value is -2.36. The molecular weight excluding hydrogens is 568 g/mol. The molecule has 2 rings (SSSR count). The Labute approximate surface area is 282 Å². The van der Waals surface area contributed by atoms with Crippen molar-refractivity contribution in [3.8, 4) is 0 Å². The van der Waals surface area contributed by atoms with Crippen LogP contribution in [0.3, 0.4) is 0 Å². The lowest BCUT2D eigenvalue weighted by atomic mass is 9.99. The van der Waals surface area contributed by atoms with E-state index in [1.165, 1.54) is 141 Å². The first-order chi connectivity index (χ1) is 22.7. The molecule has 0 N–H and O–H groups in total. The summed E-state index contributed by atoms with van der Waals surface area (Å²) in [7, 11) is 0. The molecule has 2 aromatic carbocycles. The first-order valence-electron chi connectivity index (χ1n) is 19.5. The minimum Gasteiger partial charge on any atom is -0.462 e. The molecule has 4 nitrogen and oxygen atoms in total.